The van der Waals surface area contributed by atoms with Crippen molar-refractivity contribution in [1.82, 2.24) is 29.6 Å². The molecule has 0 spiro atoms. The van der Waals surface area contributed by atoms with Crippen LogP contribution in [0.5, 0.6) is 5.75 Å². The molecule has 248 valence electrons. The molecule has 6 aromatic rings. The molecule has 0 saturated carbocycles. The summed E-state index contributed by atoms with van der Waals surface area (Å²) < 4.78 is 36.7. The van der Waals surface area contributed by atoms with Crippen molar-refractivity contribution in [3.63, 3.8) is 0 Å². The van der Waals surface area contributed by atoms with Crippen molar-refractivity contribution in [2.75, 3.05) is 31.6 Å². The van der Waals surface area contributed by atoms with Crippen LogP contribution in [0.15, 0.2) is 85.3 Å². The number of halogens is 2. The van der Waals surface area contributed by atoms with Crippen molar-refractivity contribution in [2.45, 2.75) is 31.4 Å². The van der Waals surface area contributed by atoms with Crippen molar-refractivity contribution < 1.29 is 23.1 Å². The maximum absolute atomic E-state index is 14.8. The van der Waals surface area contributed by atoms with Crippen molar-refractivity contribution in [1.29, 1.82) is 0 Å². The molecule has 10 nitrogen and oxygen atoms in total. The van der Waals surface area contributed by atoms with E-state index in [0.717, 1.165) is 28.1 Å². The number of fused-ring (bicyclic) bond motifs is 7. The number of anilines is 1. The van der Waals surface area contributed by atoms with Crippen molar-refractivity contribution >= 4 is 34.1 Å². The summed E-state index contributed by atoms with van der Waals surface area (Å²) in [7, 11) is 1.78. The molecule has 5 heterocycles. The summed E-state index contributed by atoms with van der Waals surface area (Å²) in [6.45, 7) is 1.34. The van der Waals surface area contributed by atoms with E-state index in [1.165, 1.54) is 12.1 Å². The fraction of sp³-hybridized carbons (Fsp3) is 0.243. The monoisotopic (exact) mass is 661 g/mol. The van der Waals surface area contributed by atoms with Gasteiger partial charge in [0.1, 0.15) is 46.6 Å². The molecule has 2 aliphatic heterocycles. The number of benzene rings is 3. The van der Waals surface area contributed by atoms with Gasteiger partial charge in [-0.3, -0.25) is 14.0 Å². The summed E-state index contributed by atoms with van der Waals surface area (Å²) in [6.07, 6.45) is 6.27. The number of nitrogens with zero attached hydrogens (tertiary/aromatic N) is 5. The van der Waals surface area contributed by atoms with E-state index >= 15 is 0 Å². The first-order valence-corrected chi connectivity index (χ1v) is 16.3. The predicted octanol–water partition coefficient (Wildman–Crippen LogP) is 5.83. The van der Waals surface area contributed by atoms with Crippen LogP contribution in [0.1, 0.15) is 29.8 Å². The van der Waals surface area contributed by atoms with E-state index in [9.17, 15) is 18.4 Å². The number of hydrogen-bond donors (Lipinski definition) is 2. The zero-order chi connectivity index (χ0) is 33.6. The molecule has 8 rings (SSSR count). The molecule has 1 saturated heterocycles. The molecule has 2 amide bonds. The van der Waals surface area contributed by atoms with Crippen LogP contribution in [0.2, 0.25) is 0 Å². The smallest absolute Gasteiger partial charge is 0.270 e. The number of imidazole rings is 1. The highest BCUT2D eigenvalue weighted by molar-refractivity contribution is 6.03. The zero-order valence-electron chi connectivity index (χ0n) is 26.7. The van der Waals surface area contributed by atoms with Gasteiger partial charge in [0.25, 0.3) is 5.91 Å². The maximum Gasteiger partial charge on any atom is 0.270 e. The number of nitrogens with one attached hydrogen (secondary N) is 2. The molecule has 3 aromatic carbocycles. The van der Waals surface area contributed by atoms with Crippen LogP contribution in [0.3, 0.4) is 0 Å². The van der Waals surface area contributed by atoms with Gasteiger partial charge in [-0.2, -0.15) is 0 Å². The Balaban J connectivity index is 1.16. The first kappa shape index (κ1) is 30.5. The topological polar surface area (TPSA) is 108 Å². The Hall–Kier alpha value is -5.78. The number of aromatic amines is 1. The number of H-pyrrole nitrogens is 1. The molecule has 49 heavy (non-hydrogen) atoms. The standard InChI is InChI=1S/C37H33F2N7O3/c1-44-14-3-2-12-41-36(47)32-18-25(49-24-7-4-6-22(16-24)26-8-5-9-30-28(26)19-31(43-30)37(44)48)21-46(32)35-33-20-42-34(45(33)15-13-40-35)27-11-10-23(38)17-29(27)39/h4-11,13,15-17,19-20,25,32,43H,2-3,12,14,18,21H2,1H3,(H,41,47)/t25-,32-/m0/s1. The molecule has 2 atom stereocenters. The van der Waals surface area contributed by atoms with Gasteiger partial charge < -0.3 is 24.8 Å². The third kappa shape index (κ3) is 5.62. The first-order chi connectivity index (χ1) is 23.8. The van der Waals surface area contributed by atoms with E-state index < -0.39 is 17.7 Å². The van der Waals surface area contributed by atoms with E-state index in [1.807, 2.05) is 53.4 Å². The Kier molecular flexibility index (Phi) is 7.70. The van der Waals surface area contributed by atoms with E-state index in [0.29, 0.717) is 67.5 Å². The van der Waals surface area contributed by atoms with Crippen LogP contribution in [-0.2, 0) is 4.79 Å². The van der Waals surface area contributed by atoms with Crippen LogP contribution in [0.4, 0.5) is 14.6 Å². The Bertz CT molecular complexity index is 2230. The van der Waals surface area contributed by atoms with Crippen LogP contribution < -0.4 is 15.0 Å². The Labute approximate surface area is 280 Å². The molecule has 0 unspecified atom stereocenters. The molecule has 2 aliphatic rings. The summed E-state index contributed by atoms with van der Waals surface area (Å²) >= 11 is 0. The molecule has 6 bridgehead atoms. The molecule has 3 aromatic heterocycles. The molecular weight excluding hydrogens is 628 g/mol. The Morgan fingerprint density at radius 1 is 0.959 bits per heavy atom. The molecule has 0 radical (unpaired) electrons. The van der Waals surface area contributed by atoms with Gasteiger partial charge in [0.15, 0.2) is 5.82 Å². The van der Waals surface area contributed by atoms with Gasteiger partial charge in [-0.05, 0) is 60.4 Å². The number of carbonyl (C=O) groups excluding carboxylic acids is 2. The molecule has 2 N–H and O–H groups in total. The highest BCUT2D eigenvalue weighted by Gasteiger charge is 2.40. The average Bonchev–Trinajstić information content (AvgIpc) is 3.84. The second-order valence-corrected chi connectivity index (χ2v) is 12.6. The second kappa shape index (κ2) is 12.3. The lowest BCUT2D eigenvalue weighted by atomic mass is 10.0. The Morgan fingerprint density at radius 2 is 1.84 bits per heavy atom. The zero-order valence-corrected chi connectivity index (χ0v) is 26.7. The van der Waals surface area contributed by atoms with Crippen LogP contribution in [0.25, 0.3) is 38.9 Å². The number of aromatic nitrogens is 4. The van der Waals surface area contributed by atoms with Gasteiger partial charge >= 0.3 is 0 Å². The Morgan fingerprint density at radius 3 is 2.71 bits per heavy atom. The molecular formula is C37H33F2N7O3. The fourth-order valence-corrected chi connectivity index (χ4v) is 6.93. The minimum absolute atomic E-state index is 0.0963. The molecule has 12 heteroatoms. The SMILES string of the molecule is CN1CCCCNC(=O)[C@@H]2C[C@@H](CN2c2nccn3c(-c4ccc(F)cc4F)ncc23)Oc2cccc(c2)-c2cccc3[nH]c(cc23)C1=O. The van der Waals surface area contributed by atoms with Crippen LogP contribution in [0, 0.1) is 11.6 Å². The fourth-order valence-electron chi connectivity index (χ4n) is 6.93. The van der Waals surface area contributed by atoms with E-state index in [4.69, 9.17) is 4.74 Å². The number of hydrogen-bond acceptors (Lipinski definition) is 6. The molecule has 1 fully saturated rings. The van der Waals surface area contributed by atoms with Gasteiger partial charge in [0.2, 0.25) is 5.91 Å². The normalized spacial score (nSPS) is 18.8. The largest absolute Gasteiger partial charge is 0.488 e. The van der Waals surface area contributed by atoms with Crippen molar-refractivity contribution in [3.05, 3.63) is 103 Å². The highest BCUT2D eigenvalue weighted by atomic mass is 19.1. The van der Waals surface area contributed by atoms with Gasteiger partial charge in [0.05, 0.1) is 18.3 Å². The summed E-state index contributed by atoms with van der Waals surface area (Å²) in [5, 5.41) is 4.02. The first-order valence-electron chi connectivity index (χ1n) is 16.3. The van der Waals surface area contributed by atoms with E-state index in [2.05, 4.69) is 20.3 Å². The number of ether oxygens (including phenoxy) is 1. The number of carbonyl (C=O) groups is 2. The summed E-state index contributed by atoms with van der Waals surface area (Å²) in [5.74, 6) is -0.222. The lowest BCUT2D eigenvalue weighted by molar-refractivity contribution is -0.122. The maximum atomic E-state index is 14.8. The minimum atomic E-state index is -0.727. The third-order valence-corrected chi connectivity index (χ3v) is 9.36. The van der Waals surface area contributed by atoms with Crippen molar-refractivity contribution in [2.24, 2.45) is 0 Å². The lowest BCUT2D eigenvalue weighted by Gasteiger charge is -2.25. The van der Waals surface area contributed by atoms with Gasteiger partial charge in [-0.1, -0.05) is 24.3 Å². The van der Waals surface area contributed by atoms with Gasteiger partial charge in [-0.25, -0.2) is 18.7 Å². The number of amides is 2. The van der Waals surface area contributed by atoms with E-state index in [-0.39, 0.29) is 23.5 Å². The van der Waals surface area contributed by atoms with E-state index in [1.54, 1.807) is 34.9 Å². The van der Waals surface area contributed by atoms with Crippen LogP contribution in [-0.4, -0.2) is 74.9 Å². The lowest BCUT2D eigenvalue weighted by Crippen LogP contribution is -2.44. The van der Waals surface area contributed by atoms with Crippen LogP contribution >= 0.6 is 0 Å². The van der Waals surface area contributed by atoms with Gasteiger partial charge in [0, 0.05) is 55.9 Å². The predicted molar refractivity (Wildman–Crippen MR) is 181 cm³/mol. The number of rotatable bonds is 2. The third-order valence-electron chi connectivity index (χ3n) is 9.36. The highest BCUT2D eigenvalue weighted by Crippen LogP contribution is 2.35. The van der Waals surface area contributed by atoms with Gasteiger partial charge in [-0.15, -0.1) is 0 Å². The minimum Gasteiger partial charge on any atom is -0.488 e. The summed E-state index contributed by atoms with van der Waals surface area (Å²) in [4.78, 5) is 43.1. The second-order valence-electron chi connectivity index (χ2n) is 12.6. The average molecular weight is 662 g/mol. The van der Waals surface area contributed by atoms with Crippen molar-refractivity contribution in [3.8, 4) is 28.3 Å². The summed E-state index contributed by atoms with van der Waals surface area (Å²) in [6, 6.07) is 18.4. The molecule has 0 aliphatic carbocycles. The summed E-state index contributed by atoms with van der Waals surface area (Å²) in [5.41, 5.74) is 4.02. The quantitative estimate of drug-likeness (QED) is 0.242.